The highest BCUT2D eigenvalue weighted by Crippen LogP contribution is 2.32. The van der Waals surface area contributed by atoms with E-state index < -0.39 is 5.97 Å². The van der Waals surface area contributed by atoms with Crippen LogP contribution in [-0.2, 0) is 11.4 Å². The zero-order chi connectivity index (χ0) is 24.5. The summed E-state index contributed by atoms with van der Waals surface area (Å²) < 4.78 is 26.0. The molecule has 0 aliphatic carbocycles. The van der Waals surface area contributed by atoms with Crippen LogP contribution in [-0.4, -0.2) is 18.2 Å². The van der Waals surface area contributed by atoms with Crippen LogP contribution in [0.5, 0.6) is 11.5 Å². The second-order valence-corrected chi connectivity index (χ2v) is 8.32. The number of carbonyl (C=O) groups is 1. The third kappa shape index (κ3) is 6.70. The Morgan fingerprint density at radius 2 is 1.88 bits per heavy atom. The molecule has 0 saturated carbocycles. The summed E-state index contributed by atoms with van der Waals surface area (Å²) in [6, 6.07) is 18.1. The van der Waals surface area contributed by atoms with Crippen LogP contribution >= 0.6 is 0 Å². The summed E-state index contributed by atoms with van der Waals surface area (Å²) in [5.41, 5.74) is 4.06. The van der Waals surface area contributed by atoms with E-state index in [1.165, 1.54) is 6.07 Å². The summed E-state index contributed by atoms with van der Waals surface area (Å²) in [6.07, 6.45) is 6.14. The first-order valence-corrected chi connectivity index (χ1v) is 11.5. The molecule has 3 rings (SSSR count). The van der Waals surface area contributed by atoms with Crippen molar-refractivity contribution in [3.63, 3.8) is 0 Å². The van der Waals surface area contributed by atoms with Gasteiger partial charge in [-0.05, 0) is 71.0 Å². The van der Waals surface area contributed by atoms with Crippen LogP contribution in [0.4, 0.5) is 4.39 Å². The number of unbranched alkanes of at least 4 members (excludes halogenated alkanes) is 1. The Morgan fingerprint density at radius 3 is 2.62 bits per heavy atom. The van der Waals surface area contributed by atoms with E-state index in [0.717, 1.165) is 35.1 Å². The summed E-state index contributed by atoms with van der Waals surface area (Å²) in [5, 5.41) is 9.05. The van der Waals surface area contributed by atoms with Gasteiger partial charge in [-0.2, -0.15) is 0 Å². The molecule has 0 fully saturated rings. The second-order valence-electron chi connectivity index (χ2n) is 8.32. The topological polar surface area (TPSA) is 55.8 Å². The second kappa shape index (κ2) is 12.0. The number of hydrogen-bond donors (Lipinski definition) is 1. The summed E-state index contributed by atoms with van der Waals surface area (Å²) in [6.45, 7) is 4.34. The minimum absolute atomic E-state index is 0.0687. The summed E-state index contributed by atoms with van der Waals surface area (Å²) in [7, 11) is 1.57. The molecule has 5 heteroatoms. The smallest absolute Gasteiger partial charge is 0.303 e. The fourth-order valence-corrected chi connectivity index (χ4v) is 3.76. The van der Waals surface area contributed by atoms with Crippen LogP contribution in [0.15, 0.2) is 66.7 Å². The van der Waals surface area contributed by atoms with Crippen LogP contribution < -0.4 is 9.47 Å². The van der Waals surface area contributed by atoms with Crippen LogP contribution in [0.2, 0.25) is 0 Å². The van der Waals surface area contributed by atoms with Crippen molar-refractivity contribution in [1.29, 1.82) is 0 Å². The van der Waals surface area contributed by atoms with Crippen LogP contribution in [0.1, 0.15) is 55.7 Å². The SMILES string of the molecule is CCC/C=C/c1cc(COc2cccc([C@H](C)CC(=O)O)c2)ccc1-c1cc(OC)ccc1F. The van der Waals surface area contributed by atoms with Gasteiger partial charge in [0.25, 0.3) is 0 Å². The van der Waals surface area contributed by atoms with Gasteiger partial charge in [0.2, 0.25) is 0 Å². The van der Waals surface area contributed by atoms with Crippen molar-refractivity contribution in [3.8, 4) is 22.6 Å². The van der Waals surface area contributed by atoms with E-state index in [1.807, 2.05) is 55.5 Å². The highest BCUT2D eigenvalue weighted by atomic mass is 19.1. The standard InChI is InChI=1S/C29H31FO4/c1-4-5-6-8-23-16-21(11-13-26(23)27-18-24(33-3)12-14-28(27)30)19-34-25-10-7-9-22(17-25)20(2)15-29(31)32/h6-14,16-18,20H,4-5,15,19H2,1-3H3,(H,31,32)/b8-6+/t20-/m1/s1. The molecular weight excluding hydrogens is 431 g/mol. The number of carboxylic acid groups (broad SMARTS) is 1. The summed E-state index contributed by atoms with van der Waals surface area (Å²) in [5.74, 6) is 0.0516. The van der Waals surface area contributed by atoms with E-state index >= 15 is 0 Å². The maximum absolute atomic E-state index is 14.7. The molecule has 3 aromatic carbocycles. The minimum atomic E-state index is -0.824. The quantitative estimate of drug-likeness (QED) is 0.321. The van der Waals surface area contributed by atoms with Crippen LogP contribution in [0.3, 0.4) is 0 Å². The lowest BCUT2D eigenvalue weighted by molar-refractivity contribution is -0.137. The lowest BCUT2D eigenvalue weighted by Crippen LogP contribution is -2.03. The Balaban J connectivity index is 1.85. The van der Waals surface area contributed by atoms with E-state index in [0.29, 0.717) is 23.7 Å². The molecule has 3 aromatic rings. The Kier molecular flexibility index (Phi) is 8.86. The van der Waals surface area contributed by atoms with E-state index in [9.17, 15) is 9.18 Å². The average Bonchev–Trinajstić information content (AvgIpc) is 2.83. The van der Waals surface area contributed by atoms with Crippen molar-refractivity contribution in [2.75, 3.05) is 7.11 Å². The van der Waals surface area contributed by atoms with Crippen molar-refractivity contribution in [2.24, 2.45) is 0 Å². The lowest BCUT2D eigenvalue weighted by atomic mass is 9.96. The molecule has 0 heterocycles. The monoisotopic (exact) mass is 462 g/mol. The number of carboxylic acids is 1. The van der Waals surface area contributed by atoms with E-state index in [4.69, 9.17) is 14.6 Å². The molecule has 0 bridgehead atoms. The minimum Gasteiger partial charge on any atom is -0.497 e. The number of rotatable bonds is 11. The number of hydrogen-bond acceptors (Lipinski definition) is 3. The van der Waals surface area contributed by atoms with Crippen molar-refractivity contribution >= 4 is 12.0 Å². The first-order chi connectivity index (χ1) is 16.4. The predicted octanol–water partition coefficient (Wildman–Crippen LogP) is 7.47. The fourth-order valence-electron chi connectivity index (χ4n) is 3.76. The van der Waals surface area contributed by atoms with Gasteiger partial charge < -0.3 is 14.6 Å². The zero-order valence-electron chi connectivity index (χ0n) is 19.9. The Labute approximate surface area is 200 Å². The van der Waals surface area contributed by atoms with Crippen molar-refractivity contribution in [2.45, 2.75) is 45.6 Å². The van der Waals surface area contributed by atoms with Gasteiger partial charge in [-0.1, -0.05) is 56.7 Å². The Morgan fingerprint density at radius 1 is 1.06 bits per heavy atom. The van der Waals surface area contributed by atoms with Crippen molar-refractivity contribution < 1.29 is 23.8 Å². The molecule has 0 saturated heterocycles. The Hall–Kier alpha value is -3.60. The summed E-state index contributed by atoms with van der Waals surface area (Å²) in [4.78, 5) is 11.0. The Bertz CT molecular complexity index is 1150. The molecule has 1 atom stereocenters. The lowest BCUT2D eigenvalue weighted by Gasteiger charge is -2.14. The molecule has 4 nitrogen and oxygen atoms in total. The number of benzene rings is 3. The van der Waals surface area contributed by atoms with Crippen molar-refractivity contribution in [1.82, 2.24) is 0 Å². The molecule has 0 amide bonds. The molecule has 1 N–H and O–H groups in total. The number of halogens is 1. The van der Waals surface area contributed by atoms with Gasteiger partial charge in [-0.15, -0.1) is 0 Å². The first kappa shape index (κ1) is 25.0. The molecule has 0 spiro atoms. The number of ether oxygens (including phenoxy) is 2. The average molecular weight is 463 g/mol. The largest absolute Gasteiger partial charge is 0.497 e. The molecule has 0 aliphatic rings. The van der Waals surface area contributed by atoms with Crippen LogP contribution in [0.25, 0.3) is 17.2 Å². The van der Waals surface area contributed by atoms with Gasteiger partial charge in [-0.25, -0.2) is 4.39 Å². The van der Waals surface area contributed by atoms with Crippen LogP contribution in [0, 0.1) is 5.82 Å². The number of aliphatic carboxylic acids is 1. The molecule has 0 unspecified atom stereocenters. The molecule has 34 heavy (non-hydrogen) atoms. The van der Waals surface area contributed by atoms with Gasteiger partial charge in [0, 0.05) is 5.56 Å². The molecule has 0 aliphatic heterocycles. The van der Waals surface area contributed by atoms with E-state index in [1.54, 1.807) is 19.2 Å². The maximum atomic E-state index is 14.7. The number of allylic oxidation sites excluding steroid dienone is 1. The maximum Gasteiger partial charge on any atom is 0.303 e. The van der Waals surface area contributed by atoms with Gasteiger partial charge in [0.15, 0.2) is 0 Å². The third-order valence-electron chi connectivity index (χ3n) is 5.65. The molecular formula is C29H31FO4. The van der Waals surface area contributed by atoms with E-state index in [2.05, 4.69) is 13.0 Å². The predicted molar refractivity (Wildman–Crippen MR) is 134 cm³/mol. The van der Waals surface area contributed by atoms with Crippen molar-refractivity contribution in [3.05, 3.63) is 89.2 Å². The number of methoxy groups -OCH3 is 1. The van der Waals surface area contributed by atoms with Gasteiger partial charge in [0.1, 0.15) is 23.9 Å². The third-order valence-corrected chi connectivity index (χ3v) is 5.65. The normalized spacial score (nSPS) is 12.0. The highest BCUT2D eigenvalue weighted by Gasteiger charge is 2.13. The van der Waals surface area contributed by atoms with Gasteiger partial charge >= 0.3 is 5.97 Å². The zero-order valence-corrected chi connectivity index (χ0v) is 19.9. The van der Waals surface area contributed by atoms with E-state index in [-0.39, 0.29) is 18.2 Å². The molecule has 0 aromatic heterocycles. The molecule has 178 valence electrons. The van der Waals surface area contributed by atoms with Gasteiger partial charge in [0.05, 0.1) is 13.5 Å². The fraction of sp³-hybridized carbons (Fsp3) is 0.276. The highest BCUT2D eigenvalue weighted by molar-refractivity contribution is 5.77. The first-order valence-electron chi connectivity index (χ1n) is 11.5. The molecule has 0 radical (unpaired) electrons. The summed E-state index contributed by atoms with van der Waals surface area (Å²) >= 11 is 0. The van der Waals surface area contributed by atoms with Gasteiger partial charge in [-0.3, -0.25) is 4.79 Å².